The van der Waals surface area contributed by atoms with E-state index in [1.807, 2.05) is 13.1 Å². The van der Waals surface area contributed by atoms with Gasteiger partial charge in [-0.1, -0.05) is 0 Å². The van der Waals surface area contributed by atoms with Gasteiger partial charge in [-0.25, -0.2) is 0 Å². The van der Waals surface area contributed by atoms with Crippen LogP contribution in [0.3, 0.4) is 0 Å². The Morgan fingerprint density at radius 1 is 0.333 bits per heavy atom. The summed E-state index contributed by atoms with van der Waals surface area (Å²) >= 11 is 0. The highest BCUT2D eigenvalue weighted by molar-refractivity contribution is 6.93. The van der Waals surface area contributed by atoms with Crippen LogP contribution < -0.4 is 0 Å². The van der Waals surface area contributed by atoms with Gasteiger partial charge in [0.1, 0.15) is 0 Å². The average Bonchev–Trinajstić information content (AvgIpc) is 2.92. The zero-order chi connectivity index (χ0) is 32.7. The van der Waals surface area contributed by atoms with Gasteiger partial charge in [0.05, 0.1) is 0 Å². The predicted octanol–water partition coefficient (Wildman–Crippen LogP) is 0.880. The van der Waals surface area contributed by atoms with Gasteiger partial charge in [0.2, 0.25) is 0 Å². The van der Waals surface area contributed by atoms with Crippen molar-refractivity contribution in [1.29, 1.82) is 0 Å². The molecule has 2 atom stereocenters. The molecule has 0 saturated carbocycles. The van der Waals surface area contributed by atoms with E-state index in [4.69, 9.17) is 77.2 Å². The van der Waals surface area contributed by atoms with Crippen molar-refractivity contribution in [3.63, 3.8) is 0 Å². The fourth-order valence-electron chi connectivity index (χ4n) is 3.89. The largest absolute Gasteiger partial charge is 0.671 e. The third kappa shape index (κ3) is 10.5. The van der Waals surface area contributed by atoms with Crippen molar-refractivity contribution >= 4 is 70.9 Å². The molecule has 0 aliphatic carbocycles. The van der Waals surface area contributed by atoms with Crippen LogP contribution in [0.1, 0.15) is 0 Å². The Labute approximate surface area is 258 Å². The third-order valence-corrected chi connectivity index (χ3v) is 33.8. The lowest BCUT2D eigenvalue weighted by molar-refractivity contribution is -0.0115. The normalized spacial score (nSPS) is 30.3. The van der Waals surface area contributed by atoms with Crippen molar-refractivity contribution in [2.24, 2.45) is 0 Å². The summed E-state index contributed by atoms with van der Waals surface area (Å²) in [6.45, 7) is 9.95. The van der Waals surface area contributed by atoms with E-state index in [0.29, 0.717) is 0 Å². The third-order valence-electron chi connectivity index (χ3n) is 5.59. The van der Waals surface area contributed by atoms with Gasteiger partial charge in [-0.15, -0.1) is 0 Å². The van der Waals surface area contributed by atoms with Gasteiger partial charge in [0.25, 0.3) is 0 Å². The van der Waals surface area contributed by atoms with Gasteiger partial charge in [-0.3, -0.25) is 0 Å². The molecule has 1 rings (SSSR count). The molecule has 2 unspecified atom stereocenters. The summed E-state index contributed by atoms with van der Waals surface area (Å²) in [4.78, 5) is 0. The monoisotopic (exact) mass is 752 g/mol. The summed E-state index contributed by atoms with van der Waals surface area (Å²) in [7, 11) is -16.7. The highest BCUT2D eigenvalue weighted by atomic mass is 28.6. The van der Waals surface area contributed by atoms with Crippen LogP contribution >= 0.6 is 0 Å². The Morgan fingerprint density at radius 3 is 0.690 bits per heavy atom. The van der Waals surface area contributed by atoms with Gasteiger partial charge in [-0.05, 0) is 13.1 Å². The fraction of sp³-hybridized carbons (Fsp3) is 1.00. The summed E-state index contributed by atoms with van der Waals surface area (Å²) in [5.41, 5.74) is 0. The maximum Gasteiger partial charge on any atom is 0.671 e. The van der Waals surface area contributed by atoms with Gasteiger partial charge >= 0.3 is 70.9 Å². The summed E-state index contributed by atoms with van der Waals surface area (Å²) in [5.74, 6) is 0. The van der Waals surface area contributed by atoms with Crippen LogP contribution in [0.15, 0.2) is 0 Å². The summed E-state index contributed by atoms with van der Waals surface area (Å²) < 4.78 is 107. The van der Waals surface area contributed by atoms with Gasteiger partial charge in [0, 0.05) is 97.3 Å². The molecule has 18 nitrogen and oxygen atoms in total. The van der Waals surface area contributed by atoms with Gasteiger partial charge in [-0.2, -0.15) is 0 Å². The summed E-state index contributed by atoms with van der Waals surface area (Å²) in [6, 6.07) is 0. The van der Waals surface area contributed by atoms with Crippen LogP contribution in [0, 0.1) is 0 Å². The van der Waals surface area contributed by atoms with Gasteiger partial charge in [0.15, 0.2) is 0 Å². The molecule has 0 bridgehead atoms. The van der Waals surface area contributed by atoms with Crippen molar-refractivity contribution in [2.75, 3.05) is 71.1 Å². The topological polar surface area (TPSA) is 166 Å². The Kier molecular flexibility index (Phi) is 15.4. The summed E-state index contributed by atoms with van der Waals surface area (Å²) in [6.07, 6.45) is 0. The Bertz CT molecular complexity index is 770. The molecule has 42 heavy (non-hydrogen) atoms. The van der Waals surface area contributed by atoms with Crippen LogP contribution in [-0.2, 0) is 77.2 Å². The molecular formula is C16H48O18Si8. The molecule has 0 amide bonds. The maximum atomic E-state index is 6.64. The Hall–Kier alpha value is 1.02. The van der Waals surface area contributed by atoms with E-state index in [1.165, 1.54) is 71.1 Å². The van der Waals surface area contributed by atoms with Crippen LogP contribution in [-0.4, -0.2) is 142 Å². The van der Waals surface area contributed by atoms with Crippen molar-refractivity contribution in [1.82, 2.24) is 0 Å². The van der Waals surface area contributed by atoms with E-state index in [9.17, 15) is 0 Å². The number of hydrogen-bond donors (Lipinski definition) is 0. The van der Waals surface area contributed by atoms with Crippen molar-refractivity contribution in [3.05, 3.63) is 0 Å². The fourth-order valence-corrected chi connectivity index (χ4v) is 35.0. The minimum Gasteiger partial charge on any atom is -0.398 e. The first kappa shape index (κ1) is 41.0. The molecular weight excluding hydrogens is 705 g/mol. The molecule has 0 aromatic carbocycles. The van der Waals surface area contributed by atoms with Crippen LogP contribution in [0.2, 0.25) is 39.3 Å². The zero-order valence-electron chi connectivity index (χ0n) is 27.3. The van der Waals surface area contributed by atoms with Crippen molar-refractivity contribution in [3.8, 4) is 0 Å². The van der Waals surface area contributed by atoms with E-state index in [1.54, 1.807) is 26.2 Å². The molecule has 0 aromatic heterocycles. The van der Waals surface area contributed by atoms with E-state index in [0.717, 1.165) is 0 Å². The highest BCUT2D eigenvalue weighted by Crippen LogP contribution is 2.38. The molecule has 1 saturated heterocycles. The lowest BCUT2D eigenvalue weighted by Gasteiger charge is -2.50. The second kappa shape index (κ2) is 15.7. The van der Waals surface area contributed by atoms with E-state index < -0.39 is 70.9 Å². The molecule has 26 heteroatoms. The average molecular weight is 753 g/mol. The smallest absolute Gasteiger partial charge is 0.398 e. The number of hydrogen-bond acceptors (Lipinski definition) is 18. The SMILES string of the molecule is CO[Si](C)(C)O[Si]1(C)O[Si](C)(O[Si](OC)(OC)OC)O[Si](C)(O[Si](OC)(OC)OC)O[Si](C)(O[Si](OC)(OC)OC)O1. The standard InChI is InChI=1S/C16H48O18Si8/c1-17-35(11,12)27-36(13)28-37(14,32-40(18-2,19-3)20-4)30-39(16,34-42(24-8,25-9)26-10)31-38(15,29-36)33-41(21-5,22-6)23-7/h1-16H3. The Morgan fingerprint density at radius 2 is 0.524 bits per heavy atom. The van der Waals surface area contributed by atoms with Gasteiger partial charge < -0.3 is 77.2 Å². The maximum absolute atomic E-state index is 6.64. The second-order valence-corrected chi connectivity index (χ2v) is 32.5. The quantitative estimate of drug-likeness (QED) is 0.181. The summed E-state index contributed by atoms with van der Waals surface area (Å²) in [5, 5.41) is 0. The molecule has 1 aliphatic rings. The van der Waals surface area contributed by atoms with Crippen LogP contribution in [0.5, 0.6) is 0 Å². The van der Waals surface area contributed by atoms with Crippen molar-refractivity contribution in [2.45, 2.75) is 39.3 Å². The predicted molar refractivity (Wildman–Crippen MR) is 160 cm³/mol. The minimum atomic E-state index is -4.13. The van der Waals surface area contributed by atoms with Crippen LogP contribution in [0.4, 0.5) is 0 Å². The number of rotatable bonds is 18. The lowest BCUT2D eigenvalue weighted by atomic mass is 11.8. The molecule has 0 radical (unpaired) electrons. The Balaban J connectivity index is 3.96. The first-order chi connectivity index (χ1) is 19.3. The molecule has 0 aromatic rings. The van der Waals surface area contributed by atoms with Crippen LogP contribution in [0.25, 0.3) is 0 Å². The minimum absolute atomic E-state index is 1.36. The molecule has 0 N–H and O–H groups in total. The molecule has 1 heterocycles. The zero-order valence-corrected chi connectivity index (χ0v) is 35.3. The van der Waals surface area contributed by atoms with Crippen molar-refractivity contribution < 1.29 is 77.2 Å². The molecule has 1 fully saturated rings. The second-order valence-electron chi connectivity index (χ2n) is 9.21. The highest BCUT2D eigenvalue weighted by Gasteiger charge is 2.70. The molecule has 0 spiro atoms. The first-order valence-electron chi connectivity index (χ1n) is 12.4. The first-order valence-corrected chi connectivity index (χ1v) is 29.0. The molecule has 252 valence electrons. The van der Waals surface area contributed by atoms with E-state index in [2.05, 4.69) is 0 Å². The molecule has 1 aliphatic heterocycles. The van der Waals surface area contributed by atoms with E-state index >= 15 is 0 Å². The lowest BCUT2D eigenvalue weighted by Crippen LogP contribution is -2.76. The van der Waals surface area contributed by atoms with E-state index in [-0.39, 0.29) is 0 Å².